The molecule has 39 heavy (non-hydrogen) atoms. The smallest absolute Gasteiger partial charge is 0.264 e. The third-order valence-electron chi connectivity index (χ3n) is 6.28. The molecule has 0 fully saturated rings. The lowest BCUT2D eigenvalue weighted by atomic mass is 10.1. The van der Waals surface area contributed by atoms with Gasteiger partial charge in [-0.1, -0.05) is 35.3 Å². The van der Waals surface area contributed by atoms with Gasteiger partial charge in [-0.3, -0.25) is 19.5 Å². The molecule has 3 N–H and O–H groups in total. The molecule has 10 heteroatoms. The van der Waals surface area contributed by atoms with Crippen molar-refractivity contribution in [1.82, 2.24) is 0 Å². The highest BCUT2D eigenvalue weighted by Gasteiger charge is 2.32. The molecule has 1 heterocycles. The highest BCUT2D eigenvalue weighted by atomic mass is 35.5. The number of hydrogen-bond donors (Lipinski definition) is 2. The molecule has 4 rings (SSSR count). The summed E-state index contributed by atoms with van der Waals surface area (Å²) < 4.78 is 11.8. The maximum absolute atomic E-state index is 14.1. The largest absolute Gasteiger partial charge is 0.496 e. The van der Waals surface area contributed by atoms with Crippen molar-refractivity contribution in [2.45, 2.75) is 32.4 Å². The second kappa shape index (κ2) is 13.0. The van der Waals surface area contributed by atoms with Crippen LogP contribution in [0, 0.1) is 0 Å². The predicted octanol–water partition coefficient (Wildman–Crippen LogP) is 5.96. The average molecular weight is 569 g/mol. The van der Waals surface area contributed by atoms with E-state index in [1.54, 1.807) is 60.4 Å². The first-order valence-electron chi connectivity index (χ1n) is 12.5. The Kier molecular flexibility index (Phi) is 9.45. The summed E-state index contributed by atoms with van der Waals surface area (Å²) in [6.07, 6.45) is 1.66. The molecular formula is C29H30Cl2N4O4. The average Bonchev–Trinajstić information content (AvgIpc) is 3.09. The number of anilines is 2. The Morgan fingerprint density at radius 1 is 1.10 bits per heavy atom. The number of aliphatic imine (C=N–C) groups is 1. The van der Waals surface area contributed by atoms with Gasteiger partial charge >= 0.3 is 0 Å². The normalized spacial score (nSPS) is 15.3. The summed E-state index contributed by atoms with van der Waals surface area (Å²) in [5, 5.41) is 3.75. The topological polar surface area (TPSA) is 106 Å². The quantitative estimate of drug-likeness (QED) is 0.198. The van der Waals surface area contributed by atoms with Crippen LogP contribution in [0.4, 0.5) is 11.4 Å². The Balaban J connectivity index is 1.65. The molecule has 204 valence electrons. The molecule has 1 unspecified atom stereocenters. The maximum Gasteiger partial charge on any atom is 0.264 e. The molecule has 0 radical (unpaired) electrons. The molecule has 0 saturated carbocycles. The van der Waals surface area contributed by atoms with Crippen LogP contribution >= 0.6 is 23.2 Å². The summed E-state index contributed by atoms with van der Waals surface area (Å²) in [6, 6.07) is 17.1. The predicted molar refractivity (Wildman–Crippen MR) is 156 cm³/mol. The van der Waals surface area contributed by atoms with E-state index in [1.807, 2.05) is 12.1 Å². The van der Waals surface area contributed by atoms with E-state index in [1.165, 1.54) is 7.11 Å². The summed E-state index contributed by atoms with van der Waals surface area (Å²) >= 11 is 12.4. The highest BCUT2D eigenvalue weighted by molar-refractivity contribution is 6.34. The van der Waals surface area contributed by atoms with E-state index in [4.69, 9.17) is 38.4 Å². The highest BCUT2D eigenvalue weighted by Crippen LogP contribution is 2.35. The number of rotatable bonds is 8. The minimum atomic E-state index is -0.530. The third-order valence-corrected chi connectivity index (χ3v) is 6.84. The first-order valence-corrected chi connectivity index (χ1v) is 13.3. The molecule has 1 aliphatic heterocycles. The first-order chi connectivity index (χ1) is 18.8. The summed E-state index contributed by atoms with van der Waals surface area (Å²) in [4.78, 5) is 32.7. The minimum absolute atomic E-state index is 0.301. The third kappa shape index (κ3) is 6.89. The Bertz CT molecular complexity index is 1390. The summed E-state index contributed by atoms with van der Waals surface area (Å²) in [6.45, 7) is 2.40. The summed E-state index contributed by atoms with van der Waals surface area (Å²) in [5.41, 5.74) is 8.45. The molecule has 1 atom stereocenters. The van der Waals surface area contributed by atoms with E-state index < -0.39 is 6.23 Å². The first kappa shape index (κ1) is 28.4. The zero-order valence-corrected chi connectivity index (χ0v) is 23.3. The van der Waals surface area contributed by atoms with Crippen LogP contribution < -0.4 is 20.7 Å². The Hall–Kier alpha value is -3.59. The number of hydrogen-bond acceptors (Lipinski definition) is 5. The van der Waals surface area contributed by atoms with Crippen LogP contribution in [0.1, 0.15) is 46.0 Å². The number of methoxy groups -OCH3 is 1. The van der Waals surface area contributed by atoms with E-state index in [0.29, 0.717) is 58.0 Å². The van der Waals surface area contributed by atoms with Crippen molar-refractivity contribution in [1.29, 1.82) is 0 Å². The zero-order chi connectivity index (χ0) is 27.9. The van der Waals surface area contributed by atoms with Crippen LogP contribution in [-0.4, -0.2) is 44.1 Å². The molecule has 0 aromatic heterocycles. The van der Waals surface area contributed by atoms with Gasteiger partial charge in [0.05, 0.1) is 42.2 Å². The summed E-state index contributed by atoms with van der Waals surface area (Å²) in [5.74, 6) is 0.103. The zero-order valence-electron chi connectivity index (χ0n) is 21.7. The lowest BCUT2D eigenvalue weighted by Gasteiger charge is -2.31. The Labute approximate surface area is 237 Å². The number of amides is 2. The van der Waals surface area contributed by atoms with Crippen molar-refractivity contribution in [3.63, 3.8) is 0 Å². The van der Waals surface area contributed by atoms with Gasteiger partial charge in [0, 0.05) is 22.5 Å². The van der Waals surface area contributed by atoms with Crippen molar-refractivity contribution >= 4 is 52.2 Å². The standard InChI is InChI=1S/C29H30Cl2N4O4/c1-18(32)33-14-15-39-27-9-5-6-19-16-20(30)10-13-25(19)35(27)29(37)23-12-11-21(17-26(23)38-2)34-28(36)22-7-3-4-8-24(22)31/h3-4,7-8,10-13,16-17,27H,5-6,9,14-15H2,1-2H3,(H2,32,33)(H,34,36). The van der Waals surface area contributed by atoms with Gasteiger partial charge in [-0.15, -0.1) is 0 Å². The molecule has 1 aliphatic rings. The number of aryl methyl sites for hydroxylation is 1. The van der Waals surface area contributed by atoms with Crippen molar-refractivity contribution in [2.75, 3.05) is 30.5 Å². The lowest BCUT2D eigenvalue weighted by Crippen LogP contribution is -2.42. The number of nitrogens with two attached hydrogens (primary N) is 1. The number of benzene rings is 3. The van der Waals surface area contributed by atoms with Crippen LogP contribution in [0.5, 0.6) is 5.75 Å². The van der Waals surface area contributed by atoms with E-state index >= 15 is 0 Å². The molecule has 2 amide bonds. The van der Waals surface area contributed by atoms with E-state index in [-0.39, 0.29) is 11.8 Å². The van der Waals surface area contributed by atoms with Crippen molar-refractivity contribution in [3.8, 4) is 5.75 Å². The maximum atomic E-state index is 14.1. The van der Waals surface area contributed by atoms with E-state index in [0.717, 1.165) is 24.1 Å². The fourth-order valence-electron chi connectivity index (χ4n) is 4.47. The van der Waals surface area contributed by atoms with Gasteiger partial charge in [-0.2, -0.15) is 0 Å². The van der Waals surface area contributed by atoms with Gasteiger partial charge in [0.15, 0.2) is 0 Å². The second-order valence-electron chi connectivity index (χ2n) is 9.04. The fraction of sp³-hybridized carbons (Fsp3) is 0.276. The molecular weight excluding hydrogens is 539 g/mol. The van der Waals surface area contributed by atoms with Crippen LogP contribution in [0.15, 0.2) is 65.7 Å². The van der Waals surface area contributed by atoms with Gasteiger partial charge in [0.25, 0.3) is 11.8 Å². The number of carbonyl (C=O) groups is 2. The van der Waals surface area contributed by atoms with Crippen molar-refractivity contribution in [2.24, 2.45) is 10.7 Å². The second-order valence-corrected chi connectivity index (χ2v) is 9.88. The van der Waals surface area contributed by atoms with Crippen LogP contribution in [0.25, 0.3) is 0 Å². The fourth-order valence-corrected chi connectivity index (χ4v) is 4.88. The van der Waals surface area contributed by atoms with Crippen molar-refractivity contribution in [3.05, 3.63) is 87.4 Å². The molecule has 3 aromatic carbocycles. The molecule has 0 spiro atoms. The number of amidine groups is 1. The number of carbonyl (C=O) groups excluding carboxylic acids is 2. The van der Waals surface area contributed by atoms with E-state index in [9.17, 15) is 9.59 Å². The van der Waals surface area contributed by atoms with Gasteiger partial charge < -0.3 is 20.5 Å². The molecule has 8 nitrogen and oxygen atoms in total. The molecule has 0 saturated heterocycles. The van der Waals surface area contributed by atoms with Crippen LogP contribution in [0.3, 0.4) is 0 Å². The number of nitrogens with one attached hydrogen (secondary N) is 1. The number of fused-ring (bicyclic) bond motifs is 1. The van der Waals surface area contributed by atoms with Gasteiger partial charge in [0.2, 0.25) is 0 Å². The molecule has 0 aliphatic carbocycles. The molecule has 0 bridgehead atoms. The Morgan fingerprint density at radius 3 is 2.64 bits per heavy atom. The van der Waals surface area contributed by atoms with Gasteiger partial charge in [-0.05, 0) is 74.2 Å². The number of halogens is 2. The van der Waals surface area contributed by atoms with Gasteiger partial charge in [-0.25, -0.2) is 0 Å². The number of ether oxygens (including phenoxy) is 2. The van der Waals surface area contributed by atoms with Gasteiger partial charge in [0.1, 0.15) is 12.0 Å². The van der Waals surface area contributed by atoms with Crippen LogP contribution in [0.2, 0.25) is 10.0 Å². The van der Waals surface area contributed by atoms with Crippen molar-refractivity contribution < 1.29 is 19.1 Å². The summed E-state index contributed by atoms with van der Waals surface area (Å²) in [7, 11) is 1.48. The lowest BCUT2D eigenvalue weighted by molar-refractivity contribution is 0.0455. The SMILES string of the molecule is COc1cc(NC(=O)c2ccccc2Cl)ccc1C(=O)N1c2ccc(Cl)cc2CCCC1OCCN=C(C)N. The Morgan fingerprint density at radius 2 is 1.90 bits per heavy atom. The number of nitrogens with zero attached hydrogens (tertiary/aromatic N) is 2. The molecule has 3 aromatic rings. The minimum Gasteiger partial charge on any atom is -0.496 e. The van der Waals surface area contributed by atoms with E-state index in [2.05, 4.69) is 10.3 Å². The monoisotopic (exact) mass is 568 g/mol. The van der Waals surface area contributed by atoms with Crippen LogP contribution in [-0.2, 0) is 11.2 Å².